The fourth-order valence-electron chi connectivity index (χ4n) is 1.79. The van der Waals surface area contributed by atoms with Crippen LogP contribution in [0.3, 0.4) is 0 Å². The highest BCUT2D eigenvalue weighted by atomic mass is 16.2. The van der Waals surface area contributed by atoms with Gasteiger partial charge < -0.3 is 10.4 Å². The topological polar surface area (TPSA) is 75.1 Å². The third kappa shape index (κ3) is 3.88. The molecule has 0 unspecified atom stereocenters. The van der Waals surface area contributed by atoms with Crippen LogP contribution in [0.2, 0.25) is 0 Å². The average molecular weight is 281 g/mol. The second kappa shape index (κ2) is 6.64. The minimum atomic E-state index is -0.238. The van der Waals surface area contributed by atoms with Crippen LogP contribution in [0, 0.1) is 25.7 Å². The Kier molecular flexibility index (Phi) is 4.64. The quantitative estimate of drug-likeness (QED) is 0.821. The second-order valence-electron chi connectivity index (χ2n) is 4.48. The van der Waals surface area contributed by atoms with E-state index in [2.05, 4.69) is 27.4 Å². The van der Waals surface area contributed by atoms with Crippen molar-refractivity contribution < 1.29 is 9.90 Å². The molecule has 0 bridgehead atoms. The molecule has 0 aliphatic carbocycles. The number of hydrogen-bond acceptors (Lipinski definition) is 4. The molecule has 0 fully saturated rings. The number of aryl methyl sites for hydroxylation is 2. The Morgan fingerprint density at radius 3 is 2.86 bits per heavy atom. The fourth-order valence-corrected chi connectivity index (χ4v) is 1.79. The number of hydrogen-bond donors (Lipinski definition) is 2. The summed E-state index contributed by atoms with van der Waals surface area (Å²) in [7, 11) is 0. The van der Waals surface area contributed by atoms with E-state index in [0.29, 0.717) is 22.6 Å². The molecule has 2 rings (SSSR count). The van der Waals surface area contributed by atoms with Crippen molar-refractivity contribution in [2.45, 2.75) is 13.8 Å². The van der Waals surface area contributed by atoms with E-state index in [1.54, 1.807) is 38.1 Å². The molecule has 2 aromatic rings. The molecule has 5 nitrogen and oxygen atoms in total. The number of amides is 1. The lowest BCUT2D eigenvalue weighted by Gasteiger charge is -2.07. The molecule has 2 N–H and O–H groups in total. The summed E-state index contributed by atoms with van der Waals surface area (Å²) < 4.78 is 0. The summed E-state index contributed by atoms with van der Waals surface area (Å²) in [5.41, 5.74) is 3.12. The summed E-state index contributed by atoms with van der Waals surface area (Å²) in [6, 6.07) is 8.82. The van der Waals surface area contributed by atoms with Gasteiger partial charge in [0, 0.05) is 11.3 Å². The Hall–Kier alpha value is -2.71. The summed E-state index contributed by atoms with van der Waals surface area (Å²) in [4.78, 5) is 12.3. The number of benzene rings is 1. The van der Waals surface area contributed by atoms with Gasteiger partial charge in [-0.15, -0.1) is 0 Å². The number of carbonyl (C=O) groups is 1. The molecule has 0 aliphatic rings. The largest absolute Gasteiger partial charge is 0.384 e. The van der Waals surface area contributed by atoms with Crippen LogP contribution in [-0.2, 0) is 0 Å². The standard InChI is InChI=1S/C16H15N3O2/c1-11-9-15(12(2)19-18-11)16(21)17-14-7-3-5-13(10-14)6-4-8-20/h3,5,7,9-10,20H,8H2,1-2H3,(H,17,21). The van der Waals surface area contributed by atoms with Gasteiger partial charge in [-0.05, 0) is 38.1 Å². The van der Waals surface area contributed by atoms with E-state index in [1.807, 2.05) is 6.07 Å². The predicted octanol–water partition coefficient (Wildman–Crippen LogP) is 1.69. The summed E-state index contributed by atoms with van der Waals surface area (Å²) in [6.45, 7) is 3.33. The number of aliphatic hydroxyl groups excluding tert-OH is 1. The molecule has 5 heteroatoms. The molecule has 1 aromatic carbocycles. The number of nitrogens with zero attached hydrogens (tertiary/aromatic N) is 2. The van der Waals surface area contributed by atoms with E-state index >= 15 is 0 Å². The smallest absolute Gasteiger partial charge is 0.257 e. The van der Waals surface area contributed by atoms with Crippen molar-refractivity contribution in [3.05, 3.63) is 52.8 Å². The van der Waals surface area contributed by atoms with Crippen molar-refractivity contribution >= 4 is 11.6 Å². The van der Waals surface area contributed by atoms with Crippen LogP contribution in [0.5, 0.6) is 0 Å². The zero-order valence-corrected chi connectivity index (χ0v) is 11.8. The van der Waals surface area contributed by atoms with E-state index in [-0.39, 0.29) is 12.5 Å². The molecule has 21 heavy (non-hydrogen) atoms. The second-order valence-corrected chi connectivity index (χ2v) is 4.48. The first kappa shape index (κ1) is 14.7. The molecule has 1 amide bonds. The van der Waals surface area contributed by atoms with Crippen LogP contribution in [0.1, 0.15) is 27.3 Å². The number of rotatable bonds is 2. The normalized spacial score (nSPS) is 9.67. The summed E-state index contributed by atoms with van der Waals surface area (Å²) >= 11 is 0. The number of carbonyl (C=O) groups excluding carboxylic acids is 1. The number of aliphatic hydroxyl groups is 1. The minimum Gasteiger partial charge on any atom is -0.384 e. The van der Waals surface area contributed by atoms with Gasteiger partial charge in [-0.2, -0.15) is 10.2 Å². The van der Waals surface area contributed by atoms with Crippen molar-refractivity contribution in [3.8, 4) is 11.8 Å². The highest BCUT2D eigenvalue weighted by molar-refractivity contribution is 6.05. The Morgan fingerprint density at radius 2 is 2.10 bits per heavy atom. The van der Waals surface area contributed by atoms with Gasteiger partial charge in [-0.3, -0.25) is 4.79 Å². The van der Waals surface area contributed by atoms with E-state index in [1.165, 1.54) is 0 Å². The lowest BCUT2D eigenvalue weighted by Crippen LogP contribution is -2.15. The van der Waals surface area contributed by atoms with E-state index in [4.69, 9.17) is 5.11 Å². The number of aromatic nitrogens is 2. The Balaban J connectivity index is 2.21. The van der Waals surface area contributed by atoms with Crippen LogP contribution >= 0.6 is 0 Å². The van der Waals surface area contributed by atoms with E-state index < -0.39 is 0 Å². The van der Waals surface area contributed by atoms with Gasteiger partial charge in [0.25, 0.3) is 5.91 Å². The lowest BCUT2D eigenvalue weighted by atomic mass is 10.1. The maximum absolute atomic E-state index is 12.3. The van der Waals surface area contributed by atoms with Gasteiger partial charge in [-0.1, -0.05) is 17.9 Å². The zero-order chi connectivity index (χ0) is 15.2. The first-order valence-electron chi connectivity index (χ1n) is 6.42. The molecule has 0 spiro atoms. The van der Waals surface area contributed by atoms with Gasteiger partial charge in [-0.25, -0.2) is 0 Å². The number of nitrogens with one attached hydrogen (secondary N) is 1. The Morgan fingerprint density at radius 1 is 1.29 bits per heavy atom. The zero-order valence-electron chi connectivity index (χ0n) is 11.8. The molecular weight excluding hydrogens is 266 g/mol. The molecule has 0 radical (unpaired) electrons. The first-order chi connectivity index (χ1) is 10.1. The fraction of sp³-hybridized carbons (Fsp3) is 0.188. The molecule has 0 saturated carbocycles. The average Bonchev–Trinajstić information content (AvgIpc) is 2.48. The third-order valence-electron chi connectivity index (χ3n) is 2.78. The summed E-state index contributed by atoms with van der Waals surface area (Å²) in [5, 5.41) is 19.3. The van der Waals surface area contributed by atoms with Gasteiger partial charge in [0.05, 0.1) is 17.0 Å². The highest BCUT2D eigenvalue weighted by Gasteiger charge is 2.11. The minimum absolute atomic E-state index is 0.197. The van der Waals surface area contributed by atoms with Crippen LogP contribution < -0.4 is 5.32 Å². The van der Waals surface area contributed by atoms with E-state index in [0.717, 1.165) is 5.56 Å². The van der Waals surface area contributed by atoms with Gasteiger partial charge in [0.2, 0.25) is 0 Å². The number of anilines is 1. The van der Waals surface area contributed by atoms with Crippen LogP contribution in [0.15, 0.2) is 30.3 Å². The van der Waals surface area contributed by atoms with Gasteiger partial charge in [0.1, 0.15) is 6.61 Å². The Bertz CT molecular complexity index is 730. The predicted molar refractivity (Wildman–Crippen MR) is 79.9 cm³/mol. The SMILES string of the molecule is Cc1cc(C(=O)Nc2cccc(C#CCO)c2)c(C)nn1. The molecule has 1 aromatic heterocycles. The monoisotopic (exact) mass is 281 g/mol. The summed E-state index contributed by atoms with van der Waals surface area (Å²) in [5.74, 6) is 5.12. The lowest BCUT2D eigenvalue weighted by molar-refractivity contribution is 0.102. The van der Waals surface area contributed by atoms with Crippen LogP contribution in [0.4, 0.5) is 5.69 Å². The molecule has 0 aliphatic heterocycles. The van der Waals surface area contributed by atoms with E-state index in [9.17, 15) is 4.79 Å². The first-order valence-corrected chi connectivity index (χ1v) is 6.42. The van der Waals surface area contributed by atoms with Crippen molar-refractivity contribution in [1.29, 1.82) is 0 Å². The molecule has 1 heterocycles. The van der Waals surface area contributed by atoms with Crippen LogP contribution in [0.25, 0.3) is 0 Å². The van der Waals surface area contributed by atoms with Crippen molar-refractivity contribution in [1.82, 2.24) is 10.2 Å². The van der Waals surface area contributed by atoms with Gasteiger partial charge >= 0.3 is 0 Å². The maximum Gasteiger partial charge on any atom is 0.257 e. The Labute approximate surface area is 123 Å². The van der Waals surface area contributed by atoms with Crippen molar-refractivity contribution in [3.63, 3.8) is 0 Å². The van der Waals surface area contributed by atoms with Crippen molar-refractivity contribution in [2.75, 3.05) is 11.9 Å². The highest BCUT2D eigenvalue weighted by Crippen LogP contribution is 2.13. The molecule has 106 valence electrons. The maximum atomic E-state index is 12.3. The third-order valence-corrected chi connectivity index (χ3v) is 2.78. The molecule has 0 saturated heterocycles. The molecule has 0 atom stereocenters. The van der Waals surface area contributed by atoms with Crippen LogP contribution in [-0.4, -0.2) is 27.8 Å². The summed E-state index contributed by atoms with van der Waals surface area (Å²) in [6.07, 6.45) is 0. The molecular formula is C16H15N3O2. The van der Waals surface area contributed by atoms with Crippen molar-refractivity contribution in [2.24, 2.45) is 0 Å². The van der Waals surface area contributed by atoms with Gasteiger partial charge in [0.15, 0.2) is 0 Å².